The van der Waals surface area contributed by atoms with Crippen LogP contribution in [-0.4, -0.2) is 0 Å². The molecule has 0 bridgehead atoms. The highest BCUT2D eigenvalue weighted by atomic mass is 14.5. The summed E-state index contributed by atoms with van der Waals surface area (Å²) in [6.45, 7) is 23.6. The molecule has 0 spiro atoms. The van der Waals surface area contributed by atoms with Crippen molar-refractivity contribution in [2.45, 2.75) is 57.8 Å². The Morgan fingerprint density at radius 2 is 0.736 bits per heavy atom. The molecule has 0 saturated carbocycles. The van der Waals surface area contributed by atoms with Crippen LogP contribution < -0.4 is 0 Å². The van der Waals surface area contributed by atoms with Gasteiger partial charge in [0, 0.05) is 16.2 Å². The van der Waals surface area contributed by atoms with Gasteiger partial charge in [0.2, 0.25) is 0 Å². The lowest BCUT2D eigenvalue weighted by Crippen LogP contribution is -2.22. The van der Waals surface area contributed by atoms with Gasteiger partial charge in [-0.05, 0) is 123 Å². The molecule has 0 atom stereocenters. The molecule has 0 aliphatic heterocycles. The maximum absolute atomic E-state index is 4.41. The van der Waals surface area contributed by atoms with Crippen LogP contribution in [-0.2, 0) is 16.2 Å². The van der Waals surface area contributed by atoms with Gasteiger partial charge in [-0.2, -0.15) is 0 Å². The second-order valence-electron chi connectivity index (χ2n) is 16.9. The van der Waals surface area contributed by atoms with Crippen LogP contribution in [0, 0.1) is 0 Å². The van der Waals surface area contributed by atoms with Crippen molar-refractivity contribution in [3.63, 3.8) is 0 Å². The Morgan fingerprint density at radius 1 is 0.377 bits per heavy atom. The van der Waals surface area contributed by atoms with Crippen molar-refractivity contribution in [3.05, 3.63) is 179 Å². The smallest absolute Gasteiger partial charge is 0.0165 e. The zero-order valence-electron chi connectivity index (χ0n) is 31.6. The minimum atomic E-state index is -0.261. The quantitative estimate of drug-likeness (QED) is 0.174. The third-order valence-corrected chi connectivity index (χ3v) is 13.1. The van der Waals surface area contributed by atoms with Gasteiger partial charge in [0.25, 0.3) is 0 Å². The molecule has 0 radical (unpaired) electrons. The standard InChI is InChI=1S/C53H44/c1-9-33-34(10-2)44(32-23-15-12-16-24-32)38-30-42-39(29-37(38)43(33)31-21-13-11-14-22-31)47-49-45(35-25-17-20-28-41(35)52(49,5)6)48-46(50(47)53(42,7)8)36-26-18-19-27-40(36)51(48,3)4/h9-30H,1-2H2,3-8H3. The second kappa shape index (κ2) is 10.7. The topological polar surface area (TPSA) is 0 Å². The maximum atomic E-state index is 4.41. The largest absolute Gasteiger partial charge is 0.0984 e. The fourth-order valence-corrected chi connectivity index (χ4v) is 10.9. The first-order valence-corrected chi connectivity index (χ1v) is 19.0. The van der Waals surface area contributed by atoms with Crippen molar-refractivity contribution in [3.8, 4) is 55.6 Å². The Kier molecular flexibility index (Phi) is 6.44. The summed E-state index contributed by atoms with van der Waals surface area (Å²) in [6.07, 6.45) is 4.08. The molecule has 0 amide bonds. The van der Waals surface area contributed by atoms with Crippen LogP contribution in [0.3, 0.4) is 0 Å². The SMILES string of the molecule is C=Cc1c(C=C)c(-c2ccccc2)c2cc3c(cc2c1-c1ccccc1)-c1c2c(c4c(c1C3(C)C)-c1ccccc1C4(C)C)-c1ccccc1C2(C)C. The average Bonchev–Trinajstić information content (AvgIpc) is 3.66. The number of hydrogen-bond donors (Lipinski definition) is 0. The Morgan fingerprint density at radius 3 is 1.17 bits per heavy atom. The van der Waals surface area contributed by atoms with E-state index in [0.717, 1.165) is 11.1 Å². The number of benzene rings is 7. The molecule has 3 aliphatic carbocycles. The van der Waals surface area contributed by atoms with E-state index in [4.69, 9.17) is 0 Å². The van der Waals surface area contributed by atoms with E-state index in [0.29, 0.717) is 0 Å². The van der Waals surface area contributed by atoms with Gasteiger partial charge in [-0.3, -0.25) is 0 Å². The molecular weight excluding hydrogens is 637 g/mol. The number of fused-ring (bicyclic) bond motifs is 13. The summed E-state index contributed by atoms with van der Waals surface area (Å²) in [5, 5.41) is 2.51. The minimum absolute atomic E-state index is 0.146. The first kappa shape index (κ1) is 32.0. The monoisotopic (exact) mass is 680 g/mol. The van der Waals surface area contributed by atoms with E-state index in [1.54, 1.807) is 0 Å². The molecule has 53 heavy (non-hydrogen) atoms. The molecule has 0 unspecified atom stereocenters. The fourth-order valence-electron chi connectivity index (χ4n) is 10.9. The fraction of sp³-hybridized carbons (Fsp3) is 0.170. The lowest BCUT2D eigenvalue weighted by molar-refractivity contribution is 0.636. The molecule has 3 aliphatic rings. The van der Waals surface area contributed by atoms with E-state index >= 15 is 0 Å². The van der Waals surface area contributed by atoms with Gasteiger partial charge in [0.05, 0.1) is 0 Å². The van der Waals surface area contributed by atoms with Crippen LogP contribution in [0.15, 0.2) is 134 Å². The van der Waals surface area contributed by atoms with Gasteiger partial charge in [-0.15, -0.1) is 0 Å². The van der Waals surface area contributed by atoms with Gasteiger partial charge in [0.1, 0.15) is 0 Å². The molecule has 0 heteroatoms. The zero-order valence-corrected chi connectivity index (χ0v) is 31.6. The zero-order chi connectivity index (χ0) is 36.6. The summed E-state index contributed by atoms with van der Waals surface area (Å²) in [6, 6.07) is 45.3. The van der Waals surface area contributed by atoms with Gasteiger partial charge < -0.3 is 0 Å². The van der Waals surface area contributed by atoms with Crippen molar-refractivity contribution < 1.29 is 0 Å². The molecular formula is C53H44. The second-order valence-corrected chi connectivity index (χ2v) is 16.9. The van der Waals surface area contributed by atoms with Crippen LogP contribution in [0.2, 0.25) is 0 Å². The van der Waals surface area contributed by atoms with Gasteiger partial charge in [0.15, 0.2) is 0 Å². The molecule has 7 aromatic rings. The summed E-state index contributed by atoms with van der Waals surface area (Å²) in [5.41, 5.74) is 23.6. The van der Waals surface area contributed by atoms with Crippen LogP contribution in [0.4, 0.5) is 0 Å². The Hall–Kier alpha value is -5.72. The van der Waals surface area contributed by atoms with E-state index in [-0.39, 0.29) is 16.2 Å². The molecule has 7 aromatic carbocycles. The van der Waals surface area contributed by atoms with Crippen molar-refractivity contribution in [1.29, 1.82) is 0 Å². The van der Waals surface area contributed by atoms with Gasteiger partial charge in [-0.1, -0.05) is 176 Å². The first-order valence-electron chi connectivity index (χ1n) is 19.0. The third kappa shape index (κ3) is 3.91. The molecule has 0 aromatic heterocycles. The van der Waals surface area contributed by atoms with E-state index < -0.39 is 0 Å². The molecule has 0 N–H and O–H groups in total. The summed E-state index contributed by atoms with van der Waals surface area (Å²) in [5.74, 6) is 0. The number of hydrogen-bond acceptors (Lipinski definition) is 0. The van der Waals surface area contributed by atoms with Gasteiger partial charge in [-0.25, -0.2) is 0 Å². The van der Waals surface area contributed by atoms with Crippen LogP contribution in [0.1, 0.15) is 86.1 Å². The van der Waals surface area contributed by atoms with E-state index in [2.05, 4.69) is 176 Å². The van der Waals surface area contributed by atoms with Crippen molar-refractivity contribution >= 4 is 22.9 Å². The van der Waals surface area contributed by atoms with Crippen molar-refractivity contribution in [2.24, 2.45) is 0 Å². The predicted molar refractivity (Wildman–Crippen MR) is 228 cm³/mol. The highest BCUT2D eigenvalue weighted by molar-refractivity contribution is 6.15. The summed E-state index contributed by atoms with van der Waals surface area (Å²) in [7, 11) is 0. The van der Waals surface area contributed by atoms with Crippen molar-refractivity contribution in [1.82, 2.24) is 0 Å². The molecule has 0 saturated heterocycles. The first-order chi connectivity index (χ1) is 25.5. The average molecular weight is 681 g/mol. The highest BCUT2D eigenvalue weighted by Gasteiger charge is 2.52. The van der Waals surface area contributed by atoms with Crippen LogP contribution in [0.25, 0.3) is 78.6 Å². The molecule has 0 fully saturated rings. The van der Waals surface area contributed by atoms with Crippen LogP contribution >= 0.6 is 0 Å². The Balaban J connectivity index is 1.44. The Bertz CT molecular complexity index is 2750. The molecule has 0 heterocycles. The van der Waals surface area contributed by atoms with Crippen molar-refractivity contribution in [2.75, 3.05) is 0 Å². The highest BCUT2D eigenvalue weighted by Crippen LogP contribution is 2.67. The van der Waals surface area contributed by atoms with Crippen LogP contribution in [0.5, 0.6) is 0 Å². The van der Waals surface area contributed by atoms with E-state index in [9.17, 15) is 0 Å². The molecule has 0 nitrogen and oxygen atoms in total. The van der Waals surface area contributed by atoms with Gasteiger partial charge >= 0.3 is 0 Å². The number of rotatable bonds is 4. The van der Waals surface area contributed by atoms with E-state index in [1.807, 2.05) is 12.2 Å². The lowest BCUT2D eigenvalue weighted by Gasteiger charge is -2.31. The maximum Gasteiger partial charge on any atom is 0.0165 e. The summed E-state index contributed by atoms with van der Waals surface area (Å²) < 4.78 is 0. The Labute approximate surface area is 314 Å². The van der Waals surface area contributed by atoms with E-state index in [1.165, 1.54) is 99.8 Å². The normalized spacial score (nSPS) is 16.0. The predicted octanol–water partition coefficient (Wildman–Crippen LogP) is 14.4. The minimum Gasteiger partial charge on any atom is -0.0984 e. The molecule has 256 valence electrons. The summed E-state index contributed by atoms with van der Waals surface area (Å²) in [4.78, 5) is 0. The molecule has 10 rings (SSSR count). The lowest BCUT2D eigenvalue weighted by atomic mass is 9.71. The third-order valence-electron chi connectivity index (χ3n) is 13.1. The summed E-state index contributed by atoms with van der Waals surface area (Å²) >= 11 is 0.